The molecule has 0 heterocycles. The van der Waals surface area contributed by atoms with Crippen LogP contribution in [0, 0.1) is 20.8 Å². The Kier molecular flexibility index (Phi) is 6.81. The van der Waals surface area contributed by atoms with Gasteiger partial charge >= 0.3 is 0 Å². The monoisotopic (exact) mass is 436 g/mol. The van der Waals surface area contributed by atoms with Gasteiger partial charge in [0.05, 0.1) is 18.0 Å². The van der Waals surface area contributed by atoms with Crippen LogP contribution in [0.2, 0.25) is 0 Å². The molecule has 0 aliphatic carbocycles. The van der Waals surface area contributed by atoms with Crippen LogP contribution in [0.5, 0.6) is 0 Å². The topological polar surface area (TPSA) is 66.5 Å². The number of hydrogen-bond acceptors (Lipinski definition) is 3. The Labute approximate surface area is 184 Å². The maximum Gasteiger partial charge on any atom is 0.241 e. The normalized spacial score (nSPS) is 12.3. The van der Waals surface area contributed by atoms with E-state index in [1.54, 1.807) is 12.1 Å². The molecule has 31 heavy (non-hydrogen) atoms. The number of amides is 1. The standard InChI is InChI=1S/C25H28N2O3S/c1-18-12-10-16-23(20(18)3)27(31(4,29)30)17-24(28)26-25(21-13-6-5-7-14-21)22-15-9-8-11-19(22)2/h5-16,25H,17H2,1-4H3,(H,26,28)/t25-/m1/s1. The lowest BCUT2D eigenvalue weighted by atomic mass is 9.95. The van der Waals surface area contributed by atoms with E-state index in [9.17, 15) is 13.2 Å². The molecule has 0 radical (unpaired) electrons. The van der Waals surface area contributed by atoms with E-state index in [4.69, 9.17) is 0 Å². The van der Waals surface area contributed by atoms with Gasteiger partial charge in [-0.3, -0.25) is 9.10 Å². The SMILES string of the molecule is Cc1ccccc1[C@H](NC(=O)CN(c1cccc(C)c1C)S(C)(=O)=O)c1ccccc1. The first-order chi connectivity index (χ1) is 14.7. The van der Waals surface area contributed by atoms with Gasteiger partial charge in [-0.2, -0.15) is 0 Å². The Morgan fingerprint density at radius 2 is 1.48 bits per heavy atom. The number of benzene rings is 3. The molecule has 0 bridgehead atoms. The fourth-order valence-electron chi connectivity index (χ4n) is 3.62. The summed E-state index contributed by atoms with van der Waals surface area (Å²) >= 11 is 0. The minimum Gasteiger partial charge on any atom is -0.344 e. The Morgan fingerprint density at radius 1 is 0.871 bits per heavy atom. The second-order valence-corrected chi connectivity index (χ2v) is 9.66. The summed E-state index contributed by atoms with van der Waals surface area (Å²) in [6.07, 6.45) is 1.12. The van der Waals surface area contributed by atoms with Gasteiger partial charge in [0.2, 0.25) is 15.9 Å². The highest BCUT2D eigenvalue weighted by molar-refractivity contribution is 7.92. The molecule has 162 valence electrons. The summed E-state index contributed by atoms with van der Waals surface area (Å²) in [7, 11) is -3.65. The van der Waals surface area contributed by atoms with Crippen molar-refractivity contribution in [1.29, 1.82) is 0 Å². The summed E-state index contributed by atoms with van der Waals surface area (Å²) in [6, 6.07) is 22.6. The molecule has 1 N–H and O–H groups in total. The van der Waals surface area contributed by atoms with E-state index in [2.05, 4.69) is 5.32 Å². The molecular formula is C25H28N2O3S. The molecular weight excluding hydrogens is 408 g/mol. The van der Waals surface area contributed by atoms with Gasteiger partial charge in [-0.15, -0.1) is 0 Å². The van der Waals surface area contributed by atoms with Crippen LogP contribution in [0.4, 0.5) is 5.69 Å². The van der Waals surface area contributed by atoms with E-state index in [1.165, 1.54) is 4.31 Å². The molecule has 0 saturated carbocycles. The zero-order valence-electron chi connectivity index (χ0n) is 18.3. The Balaban J connectivity index is 1.94. The van der Waals surface area contributed by atoms with Crippen LogP contribution in [0.3, 0.4) is 0 Å². The number of carbonyl (C=O) groups is 1. The highest BCUT2D eigenvalue weighted by Gasteiger charge is 2.25. The number of aryl methyl sites for hydroxylation is 2. The van der Waals surface area contributed by atoms with Gasteiger partial charge in [0.15, 0.2) is 0 Å². The van der Waals surface area contributed by atoms with E-state index in [0.29, 0.717) is 5.69 Å². The lowest BCUT2D eigenvalue weighted by molar-refractivity contribution is -0.120. The molecule has 3 aromatic carbocycles. The summed E-state index contributed by atoms with van der Waals surface area (Å²) in [5.74, 6) is -0.372. The van der Waals surface area contributed by atoms with E-state index in [1.807, 2.05) is 81.4 Å². The van der Waals surface area contributed by atoms with Gasteiger partial charge in [-0.05, 0) is 54.7 Å². The van der Waals surface area contributed by atoms with Crippen molar-refractivity contribution in [1.82, 2.24) is 5.32 Å². The highest BCUT2D eigenvalue weighted by Crippen LogP contribution is 2.27. The first-order valence-electron chi connectivity index (χ1n) is 10.1. The van der Waals surface area contributed by atoms with E-state index >= 15 is 0 Å². The first-order valence-corrected chi connectivity index (χ1v) is 12.0. The van der Waals surface area contributed by atoms with Crippen LogP contribution in [-0.2, 0) is 14.8 Å². The lowest BCUT2D eigenvalue weighted by Gasteiger charge is -2.27. The van der Waals surface area contributed by atoms with Crippen molar-refractivity contribution in [2.45, 2.75) is 26.8 Å². The van der Waals surface area contributed by atoms with E-state index in [0.717, 1.165) is 34.1 Å². The van der Waals surface area contributed by atoms with Crippen LogP contribution in [0.1, 0.15) is 33.9 Å². The number of rotatable bonds is 7. The molecule has 0 aliphatic rings. The number of nitrogens with zero attached hydrogens (tertiary/aromatic N) is 1. The molecule has 0 aromatic heterocycles. The summed E-state index contributed by atoms with van der Waals surface area (Å²) < 4.78 is 26.3. The predicted molar refractivity (Wildman–Crippen MR) is 126 cm³/mol. The summed E-state index contributed by atoms with van der Waals surface area (Å²) in [5.41, 5.74) is 5.27. The molecule has 0 unspecified atom stereocenters. The lowest BCUT2D eigenvalue weighted by Crippen LogP contribution is -2.42. The first kappa shape index (κ1) is 22.6. The number of sulfonamides is 1. The third-order valence-electron chi connectivity index (χ3n) is 5.47. The fourth-order valence-corrected chi connectivity index (χ4v) is 4.53. The average molecular weight is 437 g/mol. The van der Waals surface area contributed by atoms with Crippen molar-refractivity contribution in [2.24, 2.45) is 0 Å². The quantitative estimate of drug-likeness (QED) is 0.601. The molecule has 0 saturated heterocycles. The predicted octanol–water partition coefficient (Wildman–Crippen LogP) is 4.28. The van der Waals surface area contributed by atoms with Crippen LogP contribution >= 0.6 is 0 Å². The summed E-state index contributed by atoms with van der Waals surface area (Å²) in [4.78, 5) is 13.1. The molecule has 0 aliphatic heterocycles. The highest BCUT2D eigenvalue weighted by atomic mass is 32.2. The zero-order valence-corrected chi connectivity index (χ0v) is 19.1. The Hall–Kier alpha value is -3.12. The molecule has 1 atom stereocenters. The molecule has 0 fully saturated rings. The number of hydrogen-bond donors (Lipinski definition) is 1. The maximum absolute atomic E-state index is 13.1. The minimum absolute atomic E-state index is 0.293. The number of carbonyl (C=O) groups excluding carboxylic acids is 1. The van der Waals surface area contributed by atoms with Gasteiger partial charge in [0.25, 0.3) is 0 Å². The minimum atomic E-state index is -3.65. The van der Waals surface area contributed by atoms with E-state index in [-0.39, 0.29) is 18.5 Å². The third-order valence-corrected chi connectivity index (χ3v) is 6.60. The van der Waals surface area contributed by atoms with Crippen LogP contribution in [0.25, 0.3) is 0 Å². The van der Waals surface area contributed by atoms with Gasteiger partial charge in [0, 0.05) is 0 Å². The van der Waals surface area contributed by atoms with E-state index < -0.39 is 10.0 Å². The molecule has 6 heteroatoms. The molecule has 0 spiro atoms. The smallest absolute Gasteiger partial charge is 0.241 e. The molecule has 3 aromatic rings. The third kappa shape index (κ3) is 5.33. The van der Waals surface area contributed by atoms with Crippen molar-refractivity contribution in [3.8, 4) is 0 Å². The second-order valence-electron chi connectivity index (χ2n) is 7.76. The van der Waals surface area contributed by atoms with Crippen LogP contribution in [-0.4, -0.2) is 27.1 Å². The summed E-state index contributed by atoms with van der Waals surface area (Å²) in [6.45, 7) is 5.48. The number of anilines is 1. The average Bonchev–Trinajstić information content (AvgIpc) is 2.73. The van der Waals surface area contributed by atoms with Gasteiger partial charge in [0.1, 0.15) is 6.54 Å². The fraction of sp³-hybridized carbons (Fsp3) is 0.240. The zero-order chi connectivity index (χ0) is 22.6. The largest absolute Gasteiger partial charge is 0.344 e. The Morgan fingerprint density at radius 3 is 2.13 bits per heavy atom. The molecule has 3 rings (SSSR count). The Bertz CT molecular complexity index is 1170. The van der Waals surface area contributed by atoms with Crippen molar-refractivity contribution in [2.75, 3.05) is 17.1 Å². The van der Waals surface area contributed by atoms with Crippen molar-refractivity contribution >= 4 is 21.6 Å². The van der Waals surface area contributed by atoms with Crippen molar-refractivity contribution in [3.63, 3.8) is 0 Å². The van der Waals surface area contributed by atoms with Crippen LogP contribution < -0.4 is 9.62 Å². The van der Waals surface area contributed by atoms with Gasteiger partial charge in [-0.1, -0.05) is 66.7 Å². The van der Waals surface area contributed by atoms with Gasteiger partial charge < -0.3 is 5.32 Å². The molecule has 1 amide bonds. The van der Waals surface area contributed by atoms with Crippen molar-refractivity contribution in [3.05, 3.63) is 101 Å². The second kappa shape index (κ2) is 9.35. The number of nitrogens with one attached hydrogen (secondary N) is 1. The maximum atomic E-state index is 13.1. The van der Waals surface area contributed by atoms with Crippen LogP contribution in [0.15, 0.2) is 72.8 Å². The van der Waals surface area contributed by atoms with Gasteiger partial charge in [-0.25, -0.2) is 8.42 Å². The van der Waals surface area contributed by atoms with Crippen molar-refractivity contribution < 1.29 is 13.2 Å². The molecule has 5 nitrogen and oxygen atoms in total. The summed E-state index contributed by atoms with van der Waals surface area (Å²) in [5, 5.41) is 3.05.